The molecule has 0 unspecified atom stereocenters. The fourth-order valence-corrected chi connectivity index (χ4v) is 2.86. The zero-order valence-corrected chi connectivity index (χ0v) is 9.65. The van der Waals surface area contributed by atoms with Crippen molar-refractivity contribution in [2.75, 3.05) is 0 Å². The molecule has 2 aromatic heterocycles. The lowest BCUT2D eigenvalue weighted by atomic mass is 10.1. The highest BCUT2D eigenvalue weighted by Gasteiger charge is 2.19. The normalized spacial score (nSPS) is 11.9. The van der Waals surface area contributed by atoms with Crippen LogP contribution in [0.2, 0.25) is 0 Å². The van der Waals surface area contributed by atoms with Crippen molar-refractivity contribution >= 4 is 22.7 Å². The van der Waals surface area contributed by atoms with Gasteiger partial charge in [0.15, 0.2) is 0 Å². The highest BCUT2D eigenvalue weighted by molar-refractivity contribution is 7.20. The van der Waals surface area contributed by atoms with Gasteiger partial charge in [-0.3, -0.25) is 0 Å². The fourth-order valence-electron chi connectivity index (χ4n) is 1.07. The van der Waals surface area contributed by atoms with E-state index in [0.717, 1.165) is 15.6 Å². The monoisotopic (exact) mass is 225 g/mol. The maximum Gasteiger partial charge on any atom is 0.133 e. The summed E-state index contributed by atoms with van der Waals surface area (Å²) in [6, 6.07) is 4.04. The van der Waals surface area contributed by atoms with Gasteiger partial charge in [-0.2, -0.15) is 0 Å². The van der Waals surface area contributed by atoms with Crippen LogP contribution in [0.5, 0.6) is 0 Å². The molecule has 0 fully saturated rings. The van der Waals surface area contributed by atoms with Crippen LogP contribution in [0.4, 0.5) is 0 Å². The topological polar surface area (TPSA) is 33.1 Å². The molecule has 2 aromatic rings. The number of aliphatic hydroxyl groups is 1. The first kappa shape index (κ1) is 9.83. The minimum atomic E-state index is -0.841. The molecule has 0 aromatic carbocycles. The number of aromatic nitrogens is 1. The van der Waals surface area contributed by atoms with Crippen LogP contribution < -0.4 is 0 Å². The van der Waals surface area contributed by atoms with E-state index in [1.807, 2.05) is 22.9 Å². The smallest absolute Gasteiger partial charge is 0.133 e. The number of hydrogen-bond donors (Lipinski definition) is 1. The Kier molecular flexibility index (Phi) is 2.43. The maximum absolute atomic E-state index is 9.75. The number of rotatable bonds is 2. The first-order chi connectivity index (χ1) is 6.57. The second-order valence-electron chi connectivity index (χ2n) is 3.57. The molecule has 4 heteroatoms. The van der Waals surface area contributed by atoms with Gasteiger partial charge in [-0.15, -0.1) is 22.7 Å². The van der Waals surface area contributed by atoms with E-state index < -0.39 is 5.60 Å². The van der Waals surface area contributed by atoms with Gasteiger partial charge in [-0.25, -0.2) is 4.98 Å². The molecular formula is C10H11NOS2. The molecule has 0 aliphatic carbocycles. The summed E-state index contributed by atoms with van der Waals surface area (Å²) in [7, 11) is 0. The Hall–Kier alpha value is -0.710. The molecule has 74 valence electrons. The van der Waals surface area contributed by atoms with Crippen molar-refractivity contribution in [1.82, 2.24) is 4.98 Å². The lowest BCUT2D eigenvalue weighted by Gasteiger charge is -2.12. The first-order valence-corrected chi connectivity index (χ1v) is 6.05. The lowest BCUT2D eigenvalue weighted by Crippen LogP contribution is -2.15. The molecule has 0 spiro atoms. The fraction of sp³-hybridized carbons (Fsp3) is 0.300. The zero-order chi connectivity index (χ0) is 10.2. The third-order valence-corrected chi connectivity index (χ3v) is 3.74. The van der Waals surface area contributed by atoms with Crippen molar-refractivity contribution in [3.05, 3.63) is 28.6 Å². The number of hydrogen-bond acceptors (Lipinski definition) is 4. The largest absolute Gasteiger partial charge is 0.384 e. The van der Waals surface area contributed by atoms with Crippen LogP contribution >= 0.6 is 22.7 Å². The van der Waals surface area contributed by atoms with Crippen molar-refractivity contribution in [1.29, 1.82) is 0 Å². The summed E-state index contributed by atoms with van der Waals surface area (Å²) in [4.78, 5) is 5.56. The molecule has 0 atom stereocenters. The van der Waals surface area contributed by atoms with Gasteiger partial charge in [0.25, 0.3) is 0 Å². The number of thiophene rings is 1. The SMILES string of the molecule is CC(C)(O)c1csc(-c2cccs2)n1. The third kappa shape index (κ3) is 1.87. The summed E-state index contributed by atoms with van der Waals surface area (Å²) in [5.41, 5.74) is -0.0997. The molecule has 0 aliphatic rings. The van der Waals surface area contributed by atoms with E-state index in [1.54, 1.807) is 36.5 Å². The molecule has 1 N–H and O–H groups in total. The summed E-state index contributed by atoms with van der Waals surface area (Å²) in [6.45, 7) is 3.50. The standard InChI is InChI=1S/C10H11NOS2/c1-10(2,12)8-6-14-9(11-8)7-4-3-5-13-7/h3-6,12H,1-2H3. The van der Waals surface area contributed by atoms with Gasteiger partial charge in [0, 0.05) is 5.38 Å². The van der Waals surface area contributed by atoms with E-state index in [0.29, 0.717) is 0 Å². The molecule has 0 aliphatic heterocycles. The van der Waals surface area contributed by atoms with Crippen LogP contribution in [0.25, 0.3) is 9.88 Å². The molecule has 14 heavy (non-hydrogen) atoms. The maximum atomic E-state index is 9.75. The molecule has 2 rings (SSSR count). The summed E-state index contributed by atoms with van der Waals surface area (Å²) in [5.74, 6) is 0. The van der Waals surface area contributed by atoms with E-state index >= 15 is 0 Å². The van der Waals surface area contributed by atoms with Crippen molar-refractivity contribution < 1.29 is 5.11 Å². The average molecular weight is 225 g/mol. The van der Waals surface area contributed by atoms with Crippen LogP contribution in [0.3, 0.4) is 0 Å². The molecule has 0 radical (unpaired) electrons. The Labute approximate surface area is 90.9 Å². The van der Waals surface area contributed by atoms with Crippen LogP contribution in [0, 0.1) is 0 Å². The summed E-state index contributed by atoms with van der Waals surface area (Å²) in [5, 5.41) is 14.7. The van der Waals surface area contributed by atoms with E-state index in [9.17, 15) is 5.11 Å². The molecule has 0 saturated carbocycles. The highest BCUT2D eigenvalue weighted by atomic mass is 32.1. The van der Waals surface area contributed by atoms with Crippen molar-refractivity contribution in [2.45, 2.75) is 19.4 Å². The van der Waals surface area contributed by atoms with Crippen molar-refractivity contribution in [2.24, 2.45) is 0 Å². The van der Waals surface area contributed by atoms with E-state index in [4.69, 9.17) is 0 Å². The number of nitrogens with zero attached hydrogens (tertiary/aromatic N) is 1. The minimum Gasteiger partial charge on any atom is -0.384 e. The van der Waals surface area contributed by atoms with Gasteiger partial charge in [0.1, 0.15) is 10.6 Å². The quantitative estimate of drug-likeness (QED) is 0.852. The average Bonchev–Trinajstić information content (AvgIpc) is 2.73. The molecule has 2 nitrogen and oxygen atoms in total. The Morgan fingerprint density at radius 1 is 1.36 bits per heavy atom. The molecule has 0 saturated heterocycles. The van der Waals surface area contributed by atoms with E-state index in [2.05, 4.69) is 4.98 Å². The summed E-state index contributed by atoms with van der Waals surface area (Å²) >= 11 is 3.24. The minimum absolute atomic E-state index is 0.742. The zero-order valence-electron chi connectivity index (χ0n) is 8.02. The lowest BCUT2D eigenvalue weighted by molar-refractivity contribution is 0.0746. The predicted octanol–water partition coefficient (Wildman–Crippen LogP) is 3.10. The van der Waals surface area contributed by atoms with Gasteiger partial charge >= 0.3 is 0 Å². The predicted molar refractivity (Wildman–Crippen MR) is 60.7 cm³/mol. The van der Waals surface area contributed by atoms with E-state index in [-0.39, 0.29) is 0 Å². The van der Waals surface area contributed by atoms with Crippen LogP contribution in [-0.4, -0.2) is 10.1 Å². The van der Waals surface area contributed by atoms with E-state index in [1.165, 1.54) is 0 Å². The van der Waals surface area contributed by atoms with Crippen LogP contribution in [0.15, 0.2) is 22.9 Å². The van der Waals surface area contributed by atoms with Gasteiger partial charge < -0.3 is 5.11 Å². The Balaban J connectivity index is 2.36. The van der Waals surface area contributed by atoms with Crippen molar-refractivity contribution in [3.63, 3.8) is 0 Å². The molecule has 0 bridgehead atoms. The van der Waals surface area contributed by atoms with Gasteiger partial charge in [0.2, 0.25) is 0 Å². The molecule has 2 heterocycles. The Morgan fingerprint density at radius 2 is 2.14 bits per heavy atom. The Bertz CT molecular complexity index is 412. The summed E-state index contributed by atoms with van der Waals surface area (Å²) in [6.07, 6.45) is 0. The van der Waals surface area contributed by atoms with Gasteiger partial charge in [-0.05, 0) is 25.3 Å². The number of thiazole rings is 1. The third-order valence-electron chi connectivity index (χ3n) is 1.86. The Morgan fingerprint density at radius 3 is 2.64 bits per heavy atom. The molecule has 0 amide bonds. The highest BCUT2D eigenvalue weighted by Crippen LogP contribution is 2.30. The van der Waals surface area contributed by atoms with Crippen molar-refractivity contribution in [3.8, 4) is 9.88 Å². The first-order valence-electron chi connectivity index (χ1n) is 4.29. The van der Waals surface area contributed by atoms with Crippen LogP contribution in [-0.2, 0) is 5.60 Å². The second kappa shape index (κ2) is 3.46. The van der Waals surface area contributed by atoms with Gasteiger partial charge in [0.05, 0.1) is 10.6 Å². The summed E-state index contributed by atoms with van der Waals surface area (Å²) < 4.78 is 0. The molecular weight excluding hydrogens is 214 g/mol. The second-order valence-corrected chi connectivity index (χ2v) is 5.38. The van der Waals surface area contributed by atoms with Crippen LogP contribution in [0.1, 0.15) is 19.5 Å². The van der Waals surface area contributed by atoms with Gasteiger partial charge in [-0.1, -0.05) is 6.07 Å².